The average molecular weight is 339 g/mol. The molecule has 0 heterocycles. The van der Waals surface area contributed by atoms with Gasteiger partial charge in [-0.1, -0.05) is 51.8 Å². The summed E-state index contributed by atoms with van der Waals surface area (Å²) in [5.41, 5.74) is 9.37. The number of rotatable bonds is 3. The van der Waals surface area contributed by atoms with Crippen molar-refractivity contribution in [3.63, 3.8) is 0 Å². The minimum Gasteiger partial charge on any atom is -0.321 e. The lowest BCUT2D eigenvalue weighted by Crippen LogP contribution is -2.35. The lowest BCUT2D eigenvalue weighted by molar-refractivity contribution is 0.491. The molecule has 0 bridgehead atoms. The summed E-state index contributed by atoms with van der Waals surface area (Å²) in [6.07, 6.45) is 0.716. The quantitative estimate of drug-likeness (QED) is 0.852. The summed E-state index contributed by atoms with van der Waals surface area (Å²) in [4.78, 5) is 0. The normalized spacial score (nSPS) is 14.2. The molecule has 1 unspecified atom stereocenters. The second kappa shape index (κ2) is 5.66. The largest absolute Gasteiger partial charge is 0.321 e. The van der Waals surface area contributed by atoms with Crippen LogP contribution in [0.4, 0.5) is 0 Å². The molecule has 2 aromatic rings. The fourth-order valence-electron chi connectivity index (χ4n) is 2.12. The Morgan fingerprint density at radius 2 is 1.79 bits per heavy atom. The van der Waals surface area contributed by atoms with Gasteiger partial charge < -0.3 is 5.73 Å². The SMILES string of the molecule is Cc1ccc(CC(C)(N)c2ccc(Br)cc2)c(Cl)c1. The number of nitrogens with two attached hydrogens (primary N) is 1. The number of halogens is 2. The van der Waals surface area contributed by atoms with Crippen molar-refractivity contribution in [3.05, 3.63) is 68.7 Å². The van der Waals surface area contributed by atoms with Crippen LogP contribution in [0, 0.1) is 6.92 Å². The van der Waals surface area contributed by atoms with Gasteiger partial charge in [-0.15, -0.1) is 0 Å². The topological polar surface area (TPSA) is 26.0 Å². The third-order valence-corrected chi connectivity index (χ3v) is 4.15. The molecular formula is C16H17BrClN. The van der Waals surface area contributed by atoms with Crippen molar-refractivity contribution < 1.29 is 0 Å². The first-order chi connectivity index (χ1) is 8.88. The number of benzene rings is 2. The predicted molar refractivity (Wildman–Crippen MR) is 85.6 cm³/mol. The minimum absolute atomic E-state index is 0.431. The zero-order chi connectivity index (χ0) is 14.0. The monoisotopic (exact) mass is 337 g/mol. The Bertz CT molecular complexity index is 576. The first-order valence-electron chi connectivity index (χ1n) is 6.18. The molecule has 0 aromatic heterocycles. The van der Waals surface area contributed by atoms with Crippen LogP contribution in [-0.2, 0) is 12.0 Å². The van der Waals surface area contributed by atoms with E-state index in [1.165, 1.54) is 0 Å². The van der Waals surface area contributed by atoms with Crippen molar-refractivity contribution >= 4 is 27.5 Å². The van der Waals surface area contributed by atoms with Gasteiger partial charge in [-0.2, -0.15) is 0 Å². The van der Waals surface area contributed by atoms with Gasteiger partial charge in [-0.05, 0) is 55.2 Å². The van der Waals surface area contributed by atoms with Crippen molar-refractivity contribution in [2.45, 2.75) is 25.8 Å². The smallest absolute Gasteiger partial charge is 0.0441 e. The van der Waals surface area contributed by atoms with Crippen LogP contribution in [0.1, 0.15) is 23.6 Å². The third kappa shape index (κ3) is 3.59. The maximum Gasteiger partial charge on any atom is 0.0441 e. The van der Waals surface area contributed by atoms with E-state index in [4.69, 9.17) is 17.3 Å². The predicted octanol–water partition coefficient (Wildman–Crippen LogP) is 4.83. The molecule has 0 saturated heterocycles. The Labute approximate surface area is 127 Å². The van der Waals surface area contributed by atoms with Crippen LogP contribution in [0.3, 0.4) is 0 Å². The first kappa shape index (κ1) is 14.6. The highest BCUT2D eigenvalue weighted by molar-refractivity contribution is 9.10. The maximum atomic E-state index is 6.45. The highest BCUT2D eigenvalue weighted by Crippen LogP contribution is 2.28. The van der Waals surface area contributed by atoms with Gasteiger partial charge >= 0.3 is 0 Å². The molecule has 0 radical (unpaired) electrons. The van der Waals surface area contributed by atoms with Gasteiger partial charge in [0.1, 0.15) is 0 Å². The zero-order valence-electron chi connectivity index (χ0n) is 11.1. The van der Waals surface area contributed by atoms with Crippen LogP contribution < -0.4 is 5.73 Å². The Morgan fingerprint density at radius 3 is 2.37 bits per heavy atom. The molecule has 0 saturated carbocycles. The lowest BCUT2D eigenvalue weighted by atomic mass is 9.86. The van der Waals surface area contributed by atoms with Crippen molar-refractivity contribution in [2.75, 3.05) is 0 Å². The third-order valence-electron chi connectivity index (χ3n) is 3.27. The van der Waals surface area contributed by atoms with Crippen LogP contribution in [0.5, 0.6) is 0 Å². The Morgan fingerprint density at radius 1 is 1.16 bits per heavy atom. The molecule has 100 valence electrons. The molecule has 1 atom stereocenters. The fourth-order valence-corrected chi connectivity index (χ4v) is 2.69. The van der Waals surface area contributed by atoms with E-state index in [-0.39, 0.29) is 0 Å². The minimum atomic E-state index is -0.431. The fraction of sp³-hybridized carbons (Fsp3) is 0.250. The highest BCUT2D eigenvalue weighted by Gasteiger charge is 2.22. The average Bonchev–Trinajstić information content (AvgIpc) is 2.33. The molecule has 19 heavy (non-hydrogen) atoms. The van der Waals surface area contributed by atoms with E-state index >= 15 is 0 Å². The van der Waals surface area contributed by atoms with Crippen LogP contribution in [0.15, 0.2) is 46.9 Å². The molecule has 0 spiro atoms. The van der Waals surface area contributed by atoms with Crippen LogP contribution >= 0.6 is 27.5 Å². The van der Waals surface area contributed by atoms with Crippen molar-refractivity contribution in [3.8, 4) is 0 Å². The summed E-state index contributed by atoms with van der Waals surface area (Å²) in [6, 6.07) is 14.2. The molecule has 0 aliphatic carbocycles. The van der Waals surface area contributed by atoms with E-state index in [0.29, 0.717) is 6.42 Å². The molecular weight excluding hydrogens is 322 g/mol. The molecule has 3 heteroatoms. The van der Waals surface area contributed by atoms with Gasteiger partial charge in [0.15, 0.2) is 0 Å². The molecule has 2 aromatic carbocycles. The van der Waals surface area contributed by atoms with E-state index in [0.717, 1.165) is 26.2 Å². The van der Waals surface area contributed by atoms with E-state index in [1.807, 2.05) is 44.2 Å². The lowest BCUT2D eigenvalue weighted by Gasteiger charge is -2.26. The summed E-state index contributed by atoms with van der Waals surface area (Å²) in [7, 11) is 0. The molecule has 0 aliphatic heterocycles. The van der Waals surface area contributed by atoms with Crippen molar-refractivity contribution in [1.82, 2.24) is 0 Å². The molecule has 2 rings (SSSR count). The van der Waals surface area contributed by atoms with Crippen LogP contribution in [0.25, 0.3) is 0 Å². The summed E-state index contributed by atoms with van der Waals surface area (Å²) in [6.45, 7) is 4.07. The van der Waals surface area contributed by atoms with Gasteiger partial charge in [0.25, 0.3) is 0 Å². The standard InChI is InChI=1S/C16H17BrClN/c1-11-3-4-12(15(18)9-11)10-16(2,19)13-5-7-14(17)8-6-13/h3-9H,10,19H2,1-2H3. The summed E-state index contributed by atoms with van der Waals surface area (Å²) in [5, 5.41) is 0.786. The van der Waals surface area contributed by atoms with E-state index in [2.05, 4.69) is 28.1 Å². The maximum absolute atomic E-state index is 6.45. The van der Waals surface area contributed by atoms with Crippen LogP contribution in [0.2, 0.25) is 5.02 Å². The summed E-state index contributed by atoms with van der Waals surface area (Å²) < 4.78 is 1.06. The van der Waals surface area contributed by atoms with Gasteiger partial charge in [-0.25, -0.2) is 0 Å². The van der Waals surface area contributed by atoms with E-state index in [9.17, 15) is 0 Å². The molecule has 0 fully saturated rings. The van der Waals surface area contributed by atoms with Gasteiger partial charge in [-0.3, -0.25) is 0 Å². The van der Waals surface area contributed by atoms with E-state index in [1.54, 1.807) is 0 Å². The van der Waals surface area contributed by atoms with Crippen LogP contribution in [-0.4, -0.2) is 0 Å². The van der Waals surface area contributed by atoms with Crippen molar-refractivity contribution in [1.29, 1.82) is 0 Å². The van der Waals surface area contributed by atoms with Gasteiger partial charge in [0.2, 0.25) is 0 Å². The Balaban J connectivity index is 2.27. The molecule has 1 nitrogen and oxygen atoms in total. The molecule has 0 aliphatic rings. The highest BCUT2D eigenvalue weighted by atomic mass is 79.9. The molecule has 0 amide bonds. The van der Waals surface area contributed by atoms with Gasteiger partial charge in [0, 0.05) is 15.0 Å². The van der Waals surface area contributed by atoms with Gasteiger partial charge in [0.05, 0.1) is 0 Å². The van der Waals surface area contributed by atoms with Crippen molar-refractivity contribution in [2.24, 2.45) is 5.73 Å². The first-order valence-corrected chi connectivity index (χ1v) is 7.35. The zero-order valence-corrected chi connectivity index (χ0v) is 13.4. The number of hydrogen-bond donors (Lipinski definition) is 1. The summed E-state index contributed by atoms with van der Waals surface area (Å²) in [5.74, 6) is 0. The van der Waals surface area contributed by atoms with E-state index < -0.39 is 5.54 Å². The Hall–Kier alpha value is -0.830. The second-order valence-electron chi connectivity index (χ2n) is 5.20. The number of aryl methyl sites for hydroxylation is 1. The Kier molecular flexibility index (Phi) is 4.34. The summed E-state index contributed by atoms with van der Waals surface area (Å²) >= 11 is 9.72. The second-order valence-corrected chi connectivity index (χ2v) is 6.52. The number of hydrogen-bond acceptors (Lipinski definition) is 1. The molecule has 2 N–H and O–H groups in total.